The first-order valence-electron chi connectivity index (χ1n) is 5.80. The highest BCUT2D eigenvalue weighted by atomic mass is 35.5. The number of carbonyl (C=O) groups excluding carboxylic acids is 1. The number of hydrogen-bond acceptors (Lipinski definition) is 3. The number of hydrogen-bond donors (Lipinski definition) is 1. The second kappa shape index (κ2) is 4.46. The van der Waals surface area contributed by atoms with E-state index in [1.807, 2.05) is 35.2 Å². The molecule has 0 unspecified atom stereocenters. The lowest BCUT2D eigenvalue weighted by atomic mass is 10.2. The molecule has 1 aromatic heterocycles. The molecule has 1 N–H and O–H groups in total. The fraction of sp³-hybridized carbons (Fsp3) is 0.231. The molecular formula is C13H12ClN3O. The lowest BCUT2D eigenvalue weighted by molar-refractivity contribution is -0.120. The lowest BCUT2D eigenvalue weighted by Crippen LogP contribution is -2.48. The van der Waals surface area contributed by atoms with Crippen molar-refractivity contribution in [2.24, 2.45) is 0 Å². The molecule has 1 fully saturated rings. The molecule has 2 aromatic rings. The number of carbonyl (C=O) groups is 1. The third-order valence-corrected chi connectivity index (χ3v) is 3.23. The topological polar surface area (TPSA) is 45.2 Å². The second-order valence-electron chi connectivity index (χ2n) is 4.28. The molecule has 1 aliphatic rings. The molecule has 1 saturated heterocycles. The smallest absolute Gasteiger partial charge is 0.239 e. The van der Waals surface area contributed by atoms with Crippen LogP contribution in [0.5, 0.6) is 0 Å². The van der Waals surface area contributed by atoms with Gasteiger partial charge < -0.3 is 10.2 Å². The maximum atomic E-state index is 11.4. The Kier molecular flexibility index (Phi) is 2.80. The number of nitrogens with one attached hydrogen (secondary N) is 1. The maximum absolute atomic E-state index is 11.4. The van der Waals surface area contributed by atoms with Crippen LogP contribution in [0.2, 0.25) is 5.02 Å². The van der Waals surface area contributed by atoms with Crippen LogP contribution in [0.4, 0.5) is 5.82 Å². The van der Waals surface area contributed by atoms with E-state index in [0.717, 1.165) is 23.3 Å². The first-order chi connectivity index (χ1) is 8.72. The monoisotopic (exact) mass is 261 g/mol. The summed E-state index contributed by atoms with van der Waals surface area (Å²) < 4.78 is 0. The number of piperazine rings is 1. The summed E-state index contributed by atoms with van der Waals surface area (Å²) in [6.45, 7) is 1.82. The van der Waals surface area contributed by atoms with Crippen molar-refractivity contribution in [3.63, 3.8) is 0 Å². The summed E-state index contributed by atoms with van der Waals surface area (Å²) in [6, 6.07) is 9.51. The van der Waals surface area contributed by atoms with Gasteiger partial charge in [-0.15, -0.1) is 0 Å². The summed E-state index contributed by atoms with van der Waals surface area (Å²) in [6.07, 6.45) is 0. The lowest BCUT2D eigenvalue weighted by Gasteiger charge is -2.27. The average Bonchev–Trinajstić information content (AvgIpc) is 2.38. The molecule has 1 amide bonds. The molecule has 0 bridgehead atoms. The van der Waals surface area contributed by atoms with Crippen molar-refractivity contribution in [3.05, 3.63) is 35.4 Å². The summed E-state index contributed by atoms with van der Waals surface area (Å²) in [5.41, 5.74) is 0.892. The Balaban J connectivity index is 1.97. The second-order valence-corrected chi connectivity index (χ2v) is 4.71. The Labute approximate surface area is 110 Å². The summed E-state index contributed by atoms with van der Waals surface area (Å²) in [7, 11) is 0. The van der Waals surface area contributed by atoms with E-state index in [1.165, 1.54) is 0 Å². The van der Waals surface area contributed by atoms with Crippen molar-refractivity contribution in [2.45, 2.75) is 0 Å². The van der Waals surface area contributed by atoms with E-state index in [9.17, 15) is 4.79 Å². The molecule has 4 nitrogen and oxygen atoms in total. The van der Waals surface area contributed by atoms with Crippen LogP contribution in [-0.4, -0.2) is 30.5 Å². The number of pyridine rings is 1. The van der Waals surface area contributed by atoms with Crippen LogP contribution in [0.1, 0.15) is 0 Å². The van der Waals surface area contributed by atoms with Crippen LogP contribution in [0, 0.1) is 0 Å². The Morgan fingerprint density at radius 1 is 1.28 bits per heavy atom. The van der Waals surface area contributed by atoms with Crippen molar-refractivity contribution in [1.29, 1.82) is 0 Å². The normalized spacial score (nSPS) is 15.8. The number of benzene rings is 1. The van der Waals surface area contributed by atoms with Gasteiger partial charge >= 0.3 is 0 Å². The molecular weight excluding hydrogens is 250 g/mol. The first kappa shape index (κ1) is 11.3. The molecule has 92 valence electrons. The maximum Gasteiger partial charge on any atom is 0.239 e. The summed E-state index contributed by atoms with van der Waals surface area (Å²) in [4.78, 5) is 17.9. The van der Waals surface area contributed by atoms with Gasteiger partial charge in [0.2, 0.25) is 5.91 Å². The molecule has 0 saturated carbocycles. The number of nitrogens with zero attached hydrogens (tertiary/aromatic N) is 2. The standard InChI is InChI=1S/C13H12ClN3O/c14-10-2-3-11-9(7-10)1-4-12(16-11)17-6-5-15-13(18)8-17/h1-4,7H,5-6,8H2,(H,15,18). The highest BCUT2D eigenvalue weighted by molar-refractivity contribution is 6.31. The summed E-state index contributed by atoms with van der Waals surface area (Å²) in [5, 5.41) is 4.51. The number of halogens is 1. The van der Waals surface area contributed by atoms with E-state index < -0.39 is 0 Å². The van der Waals surface area contributed by atoms with Crippen LogP contribution in [0.15, 0.2) is 30.3 Å². The highest BCUT2D eigenvalue weighted by Gasteiger charge is 2.17. The van der Waals surface area contributed by atoms with Crippen molar-refractivity contribution >= 4 is 34.2 Å². The van der Waals surface area contributed by atoms with E-state index >= 15 is 0 Å². The average molecular weight is 262 g/mol. The molecule has 0 radical (unpaired) electrons. The van der Waals surface area contributed by atoms with Crippen molar-refractivity contribution < 1.29 is 4.79 Å². The van der Waals surface area contributed by atoms with Gasteiger partial charge in [-0.2, -0.15) is 0 Å². The van der Waals surface area contributed by atoms with E-state index in [-0.39, 0.29) is 5.91 Å². The minimum absolute atomic E-state index is 0.0410. The van der Waals surface area contributed by atoms with Gasteiger partial charge in [0.05, 0.1) is 12.1 Å². The Morgan fingerprint density at radius 2 is 2.17 bits per heavy atom. The number of fused-ring (bicyclic) bond motifs is 1. The van der Waals surface area contributed by atoms with Crippen LogP contribution in [0.3, 0.4) is 0 Å². The fourth-order valence-electron chi connectivity index (χ4n) is 2.10. The van der Waals surface area contributed by atoms with Gasteiger partial charge in [-0.25, -0.2) is 4.98 Å². The van der Waals surface area contributed by atoms with Crippen LogP contribution < -0.4 is 10.2 Å². The zero-order valence-corrected chi connectivity index (χ0v) is 10.4. The van der Waals surface area contributed by atoms with Gasteiger partial charge in [0.15, 0.2) is 0 Å². The quantitative estimate of drug-likeness (QED) is 0.852. The molecule has 2 heterocycles. The molecule has 0 atom stereocenters. The molecule has 0 aliphatic carbocycles. The predicted octanol–water partition coefficient (Wildman–Crippen LogP) is 1.82. The Morgan fingerprint density at radius 3 is 3.00 bits per heavy atom. The molecule has 0 spiro atoms. The van der Waals surface area contributed by atoms with Gasteiger partial charge in [-0.05, 0) is 30.3 Å². The minimum atomic E-state index is 0.0410. The van der Waals surface area contributed by atoms with Gasteiger partial charge in [-0.1, -0.05) is 11.6 Å². The molecule has 3 rings (SSSR count). The van der Waals surface area contributed by atoms with E-state index in [4.69, 9.17) is 11.6 Å². The Bertz CT molecular complexity index is 614. The van der Waals surface area contributed by atoms with Crippen molar-refractivity contribution in [2.75, 3.05) is 24.5 Å². The van der Waals surface area contributed by atoms with Gasteiger partial charge in [0.25, 0.3) is 0 Å². The largest absolute Gasteiger partial charge is 0.353 e. The van der Waals surface area contributed by atoms with Crippen molar-refractivity contribution in [1.82, 2.24) is 10.3 Å². The van der Waals surface area contributed by atoms with Crippen LogP contribution >= 0.6 is 11.6 Å². The predicted molar refractivity (Wildman–Crippen MR) is 72.0 cm³/mol. The van der Waals surface area contributed by atoms with Crippen LogP contribution in [0.25, 0.3) is 10.9 Å². The Hall–Kier alpha value is -1.81. The number of aromatic nitrogens is 1. The highest BCUT2D eigenvalue weighted by Crippen LogP contribution is 2.21. The van der Waals surface area contributed by atoms with E-state index in [1.54, 1.807) is 0 Å². The number of anilines is 1. The van der Waals surface area contributed by atoms with Gasteiger partial charge in [0, 0.05) is 23.5 Å². The molecule has 1 aromatic carbocycles. The zero-order chi connectivity index (χ0) is 12.5. The molecule has 18 heavy (non-hydrogen) atoms. The molecule has 1 aliphatic heterocycles. The number of amides is 1. The van der Waals surface area contributed by atoms with E-state index in [0.29, 0.717) is 18.1 Å². The molecule has 5 heteroatoms. The SMILES string of the molecule is O=C1CN(c2ccc3cc(Cl)ccc3n2)CCN1. The van der Waals surface area contributed by atoms with E-state index in [2.05, 4.69) is 10.3 Å². The zero-order valence-electron chi connectivity index (χ0n) is 9.69. The minimum Gasteiger partial charge on any atom is -0.353 e. The summed E-state index contributed by atoms with van der Waals surface area (Å²) >= 11 is 5.94. The third kappa shape index (κ3) is 2.11. The fourth-order valence-corrected chi connectivity index (χ4v) is 2.28. The number of rotatable bonds is 1. The van der Waals surface area contributed by atoms with Crippen LogP contribution in [-0.2, 0) is 4.79 Å². The third-order valence-electron chi connectivity index (χ3n) is 3.00. The van der Waals surface area contributed by atoms with Gasteiger partial charge in [-0.3, -0.25) is 4.79 Å². The first-order valence-corrected chi connectivity index (χ1v) is 6.18. The van der Waals surface area contributed by atoms with Gasteiger partial charge in [0.1, 0.15) is 5.82 Å². The summed E-state index contributed by atoms with van der Waals surface area (Å²) in [5.74, 6) is 0.874. The van der Waals surface area contributed by atoms with Crippen molar-refractivity contribution in [3.8, 4) is 0 Å².